The van der Waals surface area contributed by atoms with Gasteiger partial charge in [-0.2, -0.15) is 0 Å². The number of aliphatic hydroxyl groups excluding tert-OH is 5. The lowest BCUT2D eigenvalue weighted by molar-refractivity contribution is -0.220. The van der Waals surface area contributed by atoms with Gasteiger partial charge in [0.25, 0.3) is 0 Å². The molecule has 6 N–H and O–H groups in total. The highest BCUT2D eigenvalue weighted by atomic mass is 31.2. The molecule has 0 heterocycles. The van der Waals surface area contributed by atoms with Gasteiger partial charge < -0.3 is 39.9 Å². The van der Waals surface area contributed by atoms with E-state index in [9.17, 15) is 44.6 Å². The third-order valence-corrected chi connectivity index (χ3v) is 13.0. The number of hydrogen-bond acceptors (Lipinski definition) is 12. The highest BCUT2D eigenvalue weighted by Crippen LogP contribution is 2.47. The van der Waals surface area contributed by atoms with Crippen molar-refractivity contribution in [1.82, 2.24) is 0 Å². The molecule has 376 valence electrons. The summed E-state index contributed by atoms with van der Waals surface area (Å²) in [5.41, 5.74) is 0. The molecule has 6 unspecified atom stereocenters. The zero-order chi connectivity index (χ0) is 47.1. The number of aliphatic hydroxyl groups is 5. The Morgan fingerprint density at radius 2 is 0.844 bits per heavy atom. The van der Waals surface area contributed by atoms with Crippen LogP contribution in [0.5, 0.6) is 0 Å². The molecule has 14 heteroatoms. The Morgan fingerprint density at radius 3 is 1.30 bits per heavy atom. The van der Waals surface area contributed by atoms with Gasteiger partial charge in [-0.25, -0.2) is 4.57 Å². The molecule has 0 aromatic heterocycles. The highest BCUT2D eigenvalue weighted by molar-refractivity contribution is 7.47. The fourth-order valence-corrected chi connectivity index (χ4v) is 8.88. The van der Waals surface area contributed by atoms with Gasteiger partial charge in [-0.15, -0.1) is 0 Å². The number of carbonyl (C=O) groups is 2. The van der Waals surface area contributed by atoms with E-state index in [1.165, 1.54) is 128 Å². The Labute approximate surface area is 387 Å². The van der Waals surface area contributed by atoms with Crippen LogP contribution in [0.4, 0.5) is 0 Å². The number of phosphoric acid groups is 1. The third kappa shape index (κ3) is 32.1. The average Bonchev–Trinajstić information content (AvgIpc) is 3.28. The maximum Gasteiger partial charge on any atom is 0.472 e. The zero-order valence-corrected chi connectivity index (χ0v) is 41.0. The first-order valence-electron chi connectivity index (χ1n) is 25.6. The number of allylic oxidation sites excluding steroid dienone is 4. The van der Waals surface area contributed by atoms with Crippen molar-refractivity contribution in [2.24, 2.45) is 0 Å². The molecule has 13 nitrogen and oxygen atoms in total. The van der Waals surface area contributed by atoms with Gasteiger partial charge in [0.05, 0.1) is 6.61 Å². The molecular weight excluding hydrogens is 840 g/mol. The topological polar surface area (TPSA) is 210 Å². The van der Waals surface area contributed by atoms with Crippen molar-refractivity contribution in [3.05, 3.63) is 24.3 Å². The van der Waals surface area contributed by atoms with Crippen LogP contribution in [-0.2, 0) is 32.7 Å². The molecule has 0 amide bonds. The summed E-state index contributed by atoms with van der Waals surface area (Å²) >= 11 is 0. The molecule has 1 saturated carbocycles. The fraction of sp³-hybridized carbons (Fsp3) is 0.880. The van der Waals surface area contributed by atoms with Crippen molar-refractivity contribution in [2.45, 2.75) is 268 Å². The van der Waals surface area contributed by atoms with Crippen molar-refractivity contribution in [3.63, 3.8) is 0 Å². The summed E-state index contributed by atoms with van der Waals surface area (Å²) in [4.78, 5) is 35.8. The minimum absolute atomic E-state index is 0.0949. The molecule has 1 aliphatic rings. The van der Waals surface area contributed by atoms with E-state index in [2.05, 4.69) is 38.2 Å². The number of phosphoric ester groups is 1. The van der Waals surface area contributed by atoms with E-state index in [1.807, 2.05) is 0 Å². The van der Waals surface area contributed by atoms with Gasteiger partial charge in [-0.1, -0.05) is 192 Å². The van der Waals surface area contributed by atoms with E-state index in [-0.39, 0.29) is 12.8 Å². The predicted octanol–water partition coefficient (Wildman–Crippen LogP) is 10.8. The van der Waals surface area contributed by atoms with Gasteiger partial charge in [0.1, 0.15) is 43.2 Å². The van der Waals surface area contributed by atoms with Gasteiger partial charge in [-0.3, -0.25) is 18.6 Å². The van der Waals surface area contributed by atoms with Crippen LogP contribution in [0.25, 0.3) is 0 Å². The van der Waals surface area contributed by atoms with E-state index < -0.39 is 75.7 Å². The summed E-state index contributed by atoms with van der Waals surface area (Å²) in [5, 5.41) is 50.2. The van der Waals surface area contributed by atoms with Crippen LogP contribution in [-0.4, -0.2) is 98.3 Å². The van der Waals surface area contributed by atoms with E-state index in [4.69, 9.17) is 18.5 Å². The fourth-order valence-electron chi connectivity index (χ4n) is 7.91. The van der Waals surface area contributed by atoms with E-state index in [1.54, 1.807) is 0 Å². The molecule has 64 heavy (non-hydrogen) atoms. The summed E-state index contributed by atoms with van der Waals surface area (Å²) in [6.45, 7) is 3.30. The standard InChI is InChI=1S/C50H93O13P/c1-3-5-7-9-11-13-15-17-19-21-22-23-25-27-29-31-33-35-37-39-44(52)62-42(41-61-64(58,59)63-50-48(56)46(54)45(53)47(55)49(50)57)40-60-43(51)38-36-34-32-30-28-26-24-20-18-16-14-12-10-8-6-4-2/h11,13,17,19,42,45-50,53-57H,3-10,12,14-16,18,20-41H2,1-2H3,(H,58,59)/b13-11+,19-17+/t42-,45?,46-,47?,48?,49?,50?/m1/s1. The number of esters is 2. The zero-order valence-electron chi connectivity index (χ0n) is 40.1. The van der Waals surface area contributed by atoms with Crippen LogP contribution in [0.3, 0.4) is 0 Å². The van der Waals surface area contributed by atoms with Crippen LogP contribution < -0.4 is 0 Å². The van der Waals surface area contributed by atoms with E-state index >= 15 is 0 Å². The van der Waals surface area contributed by atoms with Gasteiger partial charge >= 0.3 is 19.8 Å². The number of ether oxygens (including phenoxy) is 2. The van der Waals surface area contributed by atoms with Crippen LogP contribution in [0.2, 0.25) is 0 Å². The largest absolute Gasteiger partial charge is 0.472 e. The van der Waals surface area contributed by atoms with Crippen LogP contribution >= 0.6 is 7.82 Å². The Morgan fingerprint density at radius 1 is 0.484 bits per heavy atom. The first-order valence-corrected chi connectivity index (χ1v) is 27.1. The Kier molecular flexibility index (Phi) is 38.1. The van der Waals surface area contributed by atoms with E-state index in [0.29, 0.717) is 12.8 Å². The molecule has 0 spiro atoms. The number of hydrogen-bond donors (Lipinski definition) is 6. The SMILES string of the molecule is CCCCC/C=C/C/C=C/CCCCCCCCCCCC(=O)O[C@H](COC(=O)CCCCCCCCCCCCCCCCCC)COP(=O)(O)OC1C(O)C(O)C(O)[C@@H](O)C1O. The molecule has 1 rings (SSSR count). The van der Waals surface area contributed by atoms with Crippen molar-refractivity contribution >= 4 is 19.8 Å². The second kappa shape index (κ2) is 40.4. The first kappa shape index (κ1) is 60.3. The van der Waals surface area contributed by atoms with Crippen LogP contribution in [0.15, 0.2) is 24.3 Å². The van der Waals surface area contributed by atoms with Gasteiger partial charge in [-0.05, 0) is 44.9 Å². The minimum atomic E-state index is -5.12. The van der Waals surface area contributed by atoms with Crippen molar-refractivity contribution in [2.75, 3.05) is 13.2 Å². The monoisotopic (exact) mass is 933 g/mol. The molecule has 0 radical (unpaired) electrons. The Bertz CT molecular complexity index is 1220. The average molecular weight is 933 g/mol. The summed E-state index contributed by atoms with van der Waals surface area (Å²) in [7, 11) is -5.12. The van der Waals surface area contributed by atoms with Gasteiger partial charge in [0.2, 0.25) is 0 Å². The lowest BCUT2D eigenvalue weighted by Crippen LogP contribution is -2.64. The summed E-state index contributed by atoms with van der Waals surface area (Å²) < 4.78 is 33.6. The first-order chi connectivity index (χ1) is 30.9. The lowest BCUT2D eigenvalue weighted by Gasteiger charge is -2.41. The molecular formula is C50H93O13P. The van der Waals surface area contributed by atoms with Gasteiger partial charge in [0, 0.05) is 12.8 Å². The second-order valence-electron chi connectivity index (χ2n) is 18.0. The van der Waals surface area contributed by atoms with Crippen LogP contribution in [0.1, 0.15) is 226 Å². The van der Waals surface area contributed by atoms with Crippen LogP contribution in [0, 0.1) is 0 Å². The van der Waals surface area contributed by atoms with Crippen molar-refractivity contribution in [3.8, 4) is 0 Å². The Balaban J connectivity index is 2.40. The molecule has 0 aromatic rings. The molecule has 0 bridgehead atoms. The normalized spacial score (nSPS) is 21.7. The Hall–Kier alpha value is -1.67. The number of rotatable bonds is 43. The minimum Gasteiger partial charge on any atom is -0.462 e. The quantitative estimate of drug-likeness (QED) is 0.0146. The lowest BCUT2D eigenvalue weighted by atomic mass is 9.85. The van der Waals surface area contributed by atoms with Crippen molar-refractivity contribution < 1.29 is 63.1 Å². The summed E-state index contributed by atoms with van der Waals surface area (Å²) in [5.74, 6) is -1.09. The molecule has 0 saturated heterocycles. The summed E-state index contributed by atoms with van der Waals surface area (Å²) in [6, 6.07) is 0. The van der Waals surface area contributed by atoms with E-state index in [0.717, 1.165) is 57.8 Å². The molecule has 1 aliphatic carbocycles. The third-order valence-electron chi connectivity index (χ3n) is 12.0. The molecule has 1 fully saturated rings. The van der Waals surface area contributed by atoms with Crippen molar-refractivity contribution in [1.29, 1.82) is 0 Å². The molecule has 0 aliphatic heterocycles. The second-order valence-corrected chi connectivity index (χ2v) is 19.4. The predicted molar refractivity (Wildman–Crippen MR) is 254 cm³/mol. The molecule has 0 aromatic carbocycles. The van der Waals surface area contributed by atoms with Gasteiger partial charge in [0.15, 0.2) is 6.10 Å². The maximum atomic E-state index is 12.8. The smallest absolute Gasteiger partial charge is 0.462 e. The number of unbranched alkanes of at least 4 members (excludes halogenated alkanes) is 27. The number of carbonyl (C=O) groups excluding carboxylic acids is 2. The maximum absolute atomic E-state index is 12.8. The highest BCUT2D eigenvalue weighted by Gasteiger charge is 2.51. The molecule has 8 atom stereocenters. The summed E-state index contributed by atoms with van der Waals surface area (Å²) in [6.07, 6.45) is 32.2.